The van der Waals surface area contributed by atoms with Gasteiger partial charge in [-0.15, -0.1) is 0 Å². The Labute approximate surface area is 110 Å². The zero-order valence-electron chi connectivity index (χ0n) is 9.83. The molecule has 0 unspecified atom stereocenters. The van der Waals surface area contributed by atoms with Crippen LogP contribution in [0, 0.1) is 0 Å². The van der Waals surface area contributed by atoms with Crippen LogP contribution < -0.4 is 10.1 Å². The maximum absolute atomic E-state index is 12.1. The Hall–Kier alpha value is -1.03. The minimum Gasteiger partial charge on any atom is -0.493 e. The Balaban J connectivity index is 2.15. The van der Waals surface area contributed by atoms with Crippen LogP contribution in [0.15, 0.2) is 22.7 Å². The summed E-state index contributed by atoms with van der Waals surface area (Å²) in [5, 5.41) is 3.02. The molecule has 17 heavy (non-hydrogen) atoms. The van der Waals surface area contributed by atoms with Gasteiger partial charge >= 0.3 is 0 Å². The number of amides is 1. The first-order chi connectivity index (χ1) is 8.20. The number of nitrogens with one attached hydrogen (secondary N) is 1. The highest BCUT2D eigenvalue weighted by Gasteiger charge is 2.22. The summed E-state index contributed by atoms with van der Waals surface area (Å²) in [7, 11) is 0. The van der Waals surface area contributed by atoms with E-state index in [0.29, 0.717) is 24.0 Å². The second kappa shape index (κ2) is 5.54. The number of halogens is 1. The van der Waals surface area contributed by atoms with E-state index in [9.17, 15) is 4.79 Å². The van der Waals surface area contributed by atoms with E-state index in [-0.39, 0.29) is 5.91 Å². The van der Waals surface area contributed by atoms with E-state index in [1.165, 1.54) is 6.42 Å². The molecule has 4 heteroatoms. The monoisotopic (exact) mass is 297 g/mol. The molecule has 0 aliphatic heterocycles. The largest absolute Gasteiger partial charge is 0.493 e. The summed E-state index contributed by atoms with van der Waals surface area (Å²) in [5.74, 6) is 0.604. The number of benzene rings is 1. The van der Waals surface area contributed by atoms with Crippen molar-refractivity contribution in [3.05, 3.63) is 28.2 Å². The molecule has 0 saturated heterocycles. The molecular weight excluding hydrogens is 282 g/mol. The third-order valence-electron chi connectivity index (χ3n) is 2.93. The summed E-state index contributed by atoms with van der Waals surface area (Å²) in [6.07, 6.45) is 3.38. The lowest BCUT2D eigenvalue weighted by Gasteiger charge is -2.26. The van der Waals surface area contributed by atoms with Crippen molar-refractivity contribution in [3.8, 4) is 5.75 Å². The minimum atomic E-state index is -0.0422. The van der Waals surface area contributed by atoms with Crippen LogP contribution in [-0.4, -0.2) is 18.6 Å². The molecule has 92 valence electrons. The van der Waals surface area contributed by atoms with Gasteiger partial charge in [0.25, 0.3) is 5.91 Å². The van der Waals surface area contributed by atoms with Crippen LogP contribution in [0.2, 0.25) is 0 Å². The van der Waals surface area contributed by atoms with Gasteiger partial charge in [-0.3, -0.25) is 4.79 Å². The van der Waals surface area contributed by atoms with E-state index < -0.39 is 0 Å². The quantitative estimate of drug-likeness (QED) is 0.927. The summed E-state index contributed by atoms with van der Waals surface area (Å²) in [4.78, 5) is 12.1. The maximum atomic E-state index is 12.1. The van der Waals surface area contributed by atoms with Gasteiger partial charge in [-0.25, -0.2) is 0 Å². The smallest absolute Gasteiger partial charge is 0.255 e. The number of carbonyl (C=O) groups is 1. The number of hydrogen-bond acceptors (Lipinski definition) is 2. The number of hydrogen-bond donors (Lipinski definition) is 1. The molecule has 1 aromatic carbocycles. The van der Waals surface area contributed by atoms with Crippen LogP contribution in [0.3, 0.4) is 0 Å². The fraction of sp³-hybridized carbons (Fsp3) is 0.462. The number of rotatable bonds is 4. The van der Waals surface area contributed by atoms with Crippen LogP contribution in [0.4, 0.5) is 0 Å². The third kappa shape index (κ3) is 3.00. The highest BCUT2D eigenvalue weighted by Crippen LogP contribution is 2.25. The zero-order valence-corrected chi connectivity index (χ0v) is 11.4. The Kier molecular flexibility index (Phi) is 4.05. The molecule has 1 aliphatic carbocycles. The van der Waals surface area contributed by atoms with Crippen molar-refractivity contribution in [3.63, 3.8) is 0 Å². The van der Waals surface area contributed by atoms with Gasteiger partial charge in [0.1, 0.15) is 5.75 Å². The lowest BCUT2D eigenvalue weighted by Crippen LogP contribution is -2.39. The van der Waals surface area contributed by atoms with E-state index >= 15 is 0 Å². The van der Waals surface area contributed by atoms with Gasteiger partial charge in [0, 0.05) is 10.5 Å². The summed E-state index contributed by atoms with van der Waals surface area (Å²) < 4.78 is 6.35. The van der Waals surface area contributed by atoms with Crippen molar-refractivity contribution in [1.29, 1.82) is 0 Å². The van der Waals surface area contributed by atoms with Gasteiger partial charge in [0.2, 0.25) is 0 Å². The van der Waals surface area contributed by atoms with E-state index in [2.05, 4.69) is 21.2 Å². The minimum absolute atomic E-state index is 0.0422. The van der Waals surface area contributed by atoms with Gasteiger partial charge in [0.05, 0.1) is 12.2 Å². The first-order valence-corrected chi connectivity index (χ1v) is 6.73. The molecule has 0 atom stereocenters. The first kappa shape index (κ1) is 12.4. The topological polar surface area (TPSA) is 38.3 Å². The molecule has 0 bridgehead atoms. The second-order valence-electron chi connectivity index (χ2n) is 4.17. The van der Waals surface area contributed by atoms with Gasteiger partial charge < -0.3 is 10.1 Å². The molecule has 0 spiro atoms. The molecule has 1 aromatic rings. The van der Waals surface area contributed by atoms with Crippen molar-refractivity contribution >= 4 is 21.8 Å². The molecule has 1 fully saturated rings. The SMILES string of the molecule is CCOc1ccc(Br)cc1C(=O)NC1CCC1. The van der Waals surface area contributed by atoms with E-state index in [1.807, 2.05) is 19.1 Å². The van der Waals surface area contributed by atoms with Crippen LogP contribution in [0.5, 0.6) is 5.75 Å². The second-order valence-corrected chi connectivity index (χ2v) is 5.09. The van der Waals surface area contributed by atoms with Crippen molar-refractivity contribution in [2.24, 2.45) is 0 Å². The molecule has 3 nitrogen and oxygen atoms in total. The van der Waals surface area contributed by atoms with Gasteiger partial charge in [-0.05, 0) is 44.4 Å². The zero-order chi connectivity index (χ0) is 12.3. The van der Waals surface area contributed by atoms with E-state index in [4.69, 9.17) is 4.74 Å². The van der Waals surface area contributed by atoms with Crippen molar-refractivity contribution < 1.29 is 9.53 Å². The van der Waals surface area contributed by atoms with Gasteiger partial charge in [-0.2, -0.15) is 0 Å². The molecule has 1 amide bonds. The van der Waals surface area contributed by atoms with Gasteiger partial charge in [-0.1, -0.05) is 15.9 Å². The molecular formula is C13H16BrNO2. The number of ether oxygens (including phenoxy) is 1. The number of carbonyl (C=O) groups excluding carboxylic acids is 1. The maximum Gasteiger partial charge on any atom is 0.255 e. The Morgan fingerprint density at radius 3 is 2.88 bits per heavy atom. The summed E-state index contributed by atoms with van der Waals surface area (Å²) >= 11 is 3.38. The lowest BCUT2D eigenvalue weighted by molar-refractivity contribution is 0.0913. The lowest BCUT2D eigenvalue weighted by atomic mass is 9.93. The predicted molar refractivity (Wildman–Crippen MR) is 70.4 cm³/mol. The predicted octanol–water partition coefficient (Wildman–Crippen LogP) is 3.13. The summed E-state index contributed by atoms with van der Waals surface area (Å²) in [6, 6.07) is 5.85. The van der Waals surface area contributed by atoms with Crippen molar-refractivity contribution in [2.45, 2.75) is 32.2 Å². The van der Waals surface area contributed by atoms with Gasteiger partial charge in [0.15, 0.2) is 0 Å². The highest BCUT2D eigenvalue weighted by atomic mass is 79.9. The van der Waals surface area contributed by atoms with Crippen LogP contribution >= 0.6 is 15.9 Å². The highest BCUT2D eigenvalue weighted by molar-refractivity contribution is 9.10. The first-order valence-electron chi connectivity index (χ1n) is 5.94. The Morgan fingerprint density at radius 2 is 2.29 bits per heavy atom. The molecule has 2 rings (SSSR count). The fourth-order valence-corrected chi connectivity index (χ4v) is 2.14. The third-order valence-corrected chi connectivity index (χ3v) is 3.42. The van der Waals surface area contributed by atoms with E-state index in [1.54, 1.807) is 6.07 Å². The van der Waals surface area contributed by atoms with Crippen molar-refractivity contribution in [2.75, 3.05) is 6.61 Å². The average molecular weight is 298 g/mol. The molecule has 1 N–H and O–H groups in total. The standard InChI is InChI=1S/C13H16BrNO2/c1-2-17-12-7-6-9(14)8-11(12)13(16)15-10-4-3-5-10/h6-8,10H,2-5H2,1H3,(H,15,16). The Bertz CT molecular complexity index is 416. The normalized spacial score (nSPS) is 15.2. The molecule has 1 aliphatic rings. The molecule has 1 saturated carbocycles. The molecule has 0 heterocycles. The van der Waals surface area contributed by atoms with E-state index in [0.717, 1.165) is 17.3 Å². The van der Waals surface area contributed by atoms with Crippen LogP contribution in [0.1, 0.15) is 36.5 Å². The Morgan fingerprint density at radius 1 is 1.53 bits per heavy atom. The van der Waals surface area contributed by atoms with Crippen molar-refractivity contribution in [1.82, 2.24) is 5.32 Å². The summed E-state index contributed by atoms with van der Waals surface area (Å²) in [5.41, 5.74) is 0.605. The van der Waals surface area contributed by atoms with Crippen LogP contribution in [-0.2, 0) is 0 Å². The molecule has 0 radical (unpaired) electrons. The average Bonchev–Trinajstić information content (AvgIpc) is 2.26. The molecule has 0 aromatic heterocycles. The fourth-order valence-electron chi connectivity index (χ4n) is 1.78. The summed E-state index contributed by atoms with van der Waals surface area (Å²) in [6.45, 7) is 2.47. The van der Waals surface area contributed by atoms with Crippen LogP contribution in [0.25, 0.3) is 0 Å².